The van der Waals surface area contributed by atoms with Gasteiger partial charge in [-0.3, -0.25) is 4.72 Å². The summed E-state index contributed by atoms with van der Waals surface area (Å²) in [7, 11) is 0.322. The van der Waals surface area contributed by atoms with Gasteiger partial charge in [-0.1, -0.05) is 23.7 Å². The van der Waals surface area contributed by atoms with Gasteiger partial charge >= 0.3 is 0 Å². The number of benzene rings is 2. The van der Waals surface area contributed by atoms with E-state index in [1.807, 2.05) is 26.2 Å². The minimum atomic E-state index is -3.69. The lowest BCUT2D eigenvalue weighted by molar-refractivity contribution is 0.425. The largest absolute Gasteiger partial charge is 0.384 e. The van der Waals surface area contributed by atoms with E-state index in [2.05, 4.69) is 14.9 Å². The Hall–Kier alpha value is -1.76. The van der Waals surface area contributed by atoms with E-state index in [1.54, 1.807) is 30.3 Å². The molecule has 0 aliphatic carbocycles. The Kier molecular flexibility index (Phi) is 5.87. The molecule has 0 amide bonds. The van der Waals surface area contributed by atoms with E-state index in [9.17, 15) is 8.42 Å². The van der Waals surface area contributed by atoms with E-state index in [1.165, 1.54) is 6.07 Å². The first kappa shape index (κ1) is 17.6. The first-order valence-corrected chi connectivity index (χ1v) is 9.00. The summed E-state index contributed by atoms with van der Waals surface area (Å²) in [5.41, 5.74) is 1.43. The fourth-order valence-electron chi connectivity index (χ4n) is 1.95. The Bertz CT molecular complexity index is 746. The van der Waals surface area contributed by atoms with Crippen molar-refractivity contribution in [2.45, 2.75) is 4.90 Å². The minimum absolute atomic E-state index is 0.0647. The Morgan fingerprint density at radius 3 is 2.22 bits per heavy atom. The minimum Gasteiger partial charge on any atom is -0.384 e. The molecule has 0 saturated carbocycles. The van der Waals surface area contributed by atoms with Crippen LogP contribution in [0.5, 0.6) is 0 Å². The summed E-state index contributed by atoms with van der Waals surface area (Å²) in [6, 6.07) is 13.4. The normalized spacial score (nSPS) is 11.5. The molecule has 0 aliphatic heterocycles. The first-order valence-electron chi connectivity index (χ1n) is 7.14. The van der Waals surface area contributed by atoms with Crippen LogP contribution in [-0.4, -0.2) is 40.5 Å². The zero-order valence-electron chi connectivity index (χ0n) is 13.1. The predicted octanol–water partition coefficient (Wildman–Crippen LogP) is 3.11. The smallest absolute Gasteiger partial charge is 0.263 e. The number of sulfonamides is 1. The Balaban J connectivity index is 2.04. The highest BCUT2D eigenvalue weighted by atomic mass is 35.5. The van der Waals surface area contributed by atoms with Crippen LogP contribution in [0.3, 0.4) is 0 Å². The summed E-state index contributed by atoms with van der Waals surface area (Å²) in [5, 5.41) is 3.46. The third-order valence-electron chi connectivity index (χ3n) is 3.15. The van der Waals surface area contributed by atoms with Crippen LogP contribution in [0.4, 0.5) is 11.4 Å². The molecular formula is C16H20ClN3O2S. The van der Waals surface area contributed by atoms with Crippen molar-refractivity contribution in [3.63, 3.8) is 0 Å². The second kappa shape index (κ2) is 7.68. The monoisotopic (exact) mass is 353 g/mol. The highest BCUT2D eigenvalue weighted by Gasteiger charge is 2.17. The highest BCUT2D eigenvalue weighted by molar-refractivity contribution is 7.92. The third-order valence-corrected chi connectivity index (χ3v) is 5.03. The van der Waals surface area contributed by atoms with Crippen LogP contribution in [-0.2, 0) is 10.0 Å². The van der Waals surface area contributed by atoms with Crippen LogP contribution in [0, 0.1) is 0 Å². The molecule has 0 fully saturated rings. The third kappa shape index (κ3) is 5.13. The van der Waals surface area contributed by atoms with E-state index in [0.717, 1.165) is 18.8 Å². The molecule has 0 atom stereocenters. The maximum absolute atomic E-state index is 12.3. The van der Waals surface area contributed by atoms with E-state index >= 15 is 0 Å². The van der Waals surface area contributed by atoms with Crippen molar-refractivity contribution in [1.29, 1.82) is 0 Å². The van der Waals surface area contributed by atoms with Gasteiger partial charge in [0.15, 0.2) is 0 Å². The van der Waals surface area contributed by atoms with Crippen molar-refractivity contribution in [1.82, 2.24) is 4.90 Å². The van der Waals surface area contributed by atoms with Gasteiger partial charge in [-0.2, -0.15) is 0 Å². The molecule has 0 spiro atoms. The summed E-state index contributed by atoms with van der Waals surface area (Å²) in [4.78, 5) is 2.15. The van der Waals surface area contributed by atoms with Gasteiger partial charge in [0.25, 0.3) is 10.0 Å². The van der Waals surface area contributed by atoms with Crippen molar-refractivity contribution < 1.29 is 8.42 Å². The number of rotatable bonds is 7. The molecule has 2 aromatic carbocycles. The molecule has 2 aromatic rings. The molecule has 124 valence electrons. The second-order valence-corrected chi connectivity index (χ2v) is 7.40. The topological polar surface area (TPSA) is 61.4 Å². The van der Waals surface area contributed by atoms with Gasteiger partial charge in [0, 0.05) is 24.5 Å². The first-order chi connectivity index (χ1) is 10.9. The number of likely N-dealkylation sites (N-methyl/N-ethyl adjacent to an activating group) is 1. The second-order valence-electron chi connectivity index (χ2n) is 5.34. The number of hydrogen-bond donors (Lipinski definition) is 2. The number of halogens is 1. The number of nitrogens with zero attached hydrogens (tertiary/aromatic N) is 1. The fraction of sp³-hybridized carbons (Fsp3) is 0.250. The van der Waals surface area contributed by atoms with Crippen LogP contribution in [0.2, 0.25) is 5.02 Å². The van der Waals surface area contributed by atoms with E-state index < -0.39 is 10.0 Å². The van der Waals surface area contributed by atoms with Crippen LogP contribution in [0.25, 0.3) is 0 Å². The predicted molar refractivity (Wildman–Crippen MR) is 95.7 cm³/mol. The van der Waals surface area contributed by atoms with Gasteiger partial charge in [-0.25, -0.2) is 8.42 Å². The van der Waals surface area contributed by atoms with Gasteiger partial charge in [0.1, 0.15) is 4.90 Å². The van der Waals surface area contributed by atoms with Crippen LogP contribution < -0.4 is 10.0 Å². The van der Waals surface area contributed by atoms with Gasteiger partial charge in [-0.15, -0.1) is 0 Å². The van der Waals surface area contributed by atoms with Crippen molar-refractivity contribution in [3.8, 4) is 0 Å². The molecule has 0 unspecified atom stereocenters. The Labute approximate surface area is 142 Å². The van der Waals surface area contributed by atoms with Crippen molar-refractivity contribution in [3.05, 3.63) is 53.6 Å². The lowest BCUT2D eigenvalue weighted by atomic mass is 10.3. The summed E-state index contributed by atoms with van der Waals surface area (Å²) in [5.74, 6) is 0. The average molecular weight is 354 g/mol. The zero-order chi connectivity index (χ0) is 16.9. The lowest BCUT2D eigenvalue weighted by Gasteiger charge is -2.12. The molecule has 7 heteroatoms. The molecule has 0 radical (unpaired) electrons. The van der Waals surface area contributed by atoms with Crippen molar-refractivity contribution in [2.75, 3.05) is 37.2 Å². The number of anilines is 2. The molecule has 23 heavy (non-hydrogen) atoms. The van der Waals surface area contributed by atoms with Gasteiger partial charge in [-0.05, 0) is 50.5 Å². The molecule has 5 nitrogen and oxygen atoms in total. The number of nitrogens with one attached hydrogen (secondary N) is 2. The zero-order valence-corrected chi connectivity index (χ0v) is 14.7. The molecule has 0 heterocycles. The van der Waals surface area contributed by atoms with E-state index in [-0.39, 0.29) is 9.92 Å². The standard InChI is InChI=1S/C16H20ClN3O2S/c1-20(2)12-11-18-13-7-9-14(10-8-13)19-23(21,22)16-6-4-3-5-15(16)17/h3-10,18-19H,11-12H2,1-2H3. The van der Waals surface area contributed by atoms with Crippen molar-refractivity contribution in [2.24, 2.45) is 0 Å². The highest BCUT2D eigenvalue weighted by Crippen LogP contribution is 2.23. The molecule has 0 aromatic heterocycles. The maximum Gasteiger partial charge on any atom is 0.263 e. The SMILES string of the molecule is CN(C)CCNc1ccc(NS(=O)(=O)c2ccccc2Cl)cc1. The van der Waals surface area contributed by atoms with Gasteiger partial charge in [0.05, 0.1) is 5.02 Å². The quantitative estimate of drug-likeness (QED) is 0.802. The summed E-state index contributed by atoms with van der Waals surface area (Å²) in [6.07, 6.45) is 0. The molecule has 2 N–H and O–H groups in total. The fourth-order valence-corrected chi connectivity index (χ4v) is 3.53. The summed E-state index contributed by atoms with van der Waals surface area (Å²) in [6.45, 7) is 1.73. The van der Waals surface area contributed by atoms with Crippen LogP contribution in [0.1, 0.15) is 0 Å². The van der Waals surface area contributed by atoms with Gasteiger partial charge < -0.3 is 10.2 Å². The summed E-state index contributed by atoms with van der Waals surface area (Å²) < 4.78 is 27.2. The molecule has 0 bridgehead atoms. The lowest BCUT2D eigenvalue weighted by Crippen LogP contribution is -2.20. The molecule has 0 saturated heterocycles. The summed E-state index contributed by atoms with van der Waals surface area (Å²) >= 11 is 5.95. The van der Waals surface area contributed by atoms with E-state index in [0.29, 0.717) is 5.69 Å². The number of hydrogen-bond acceptors (Lipinski definition) is 4. The van der Waals surface area contributed by atoms with Gasteiger partial charge in [0.2, 0.25) is 0 Å². The maximum atomic E-state index is 12.3. The van der Waals surface area contributed by atoms with E-state index in [4.69, 9.17) is 11.6 Å². The Morgan fingerprint density at radius 1 is 1.00 bits per heavy atom. The van der Waals surface area contributed by atoms with Crippen molar-refractivity contribution >= 4 is 33.0 Å². The molecule has 0 aliphatic rings. The van der Waals surface area contributed by atoms with Crippen LogP contribution in [0.15, 0.2) is 53.4 Å². The average Bonchev–Trinajstić information content (AvgIpc) is 2.48. The molecular weight excluding hydrogens is 334 g/mol. The Morgan fingerprint density at radius 2 is 1.61 bits per heavy atom. The van der Waals surface area contributed by atoms with Crippen LogP contribution >= 0.6 is 11.6 Å². The molecule has 2 rings (SSSR count).